The van der Waals surface area contributed by atoms with Crippen LogP contribution in [0.25, 0.3) is 0 Å². The Bertz CT molecular complexity index is 1810. The molecular weight excluding hydrogens is 803 g/mol. The van der Waals surface area contributed by atoms with Gasteiger partial charge in [0.2, 0.25) is 0 Å². The molecule has 336 valence electrons. The topological polar surface area (TPSA) is 110 Å². The molecule has 1 saturated heterocycles. The van der Waals surface area contributed by atoms with Crippen molar-refractivity contribution >= 4 is 34.4 Å². The highest BCUT2D eigenvalue weighted by atomic mass is 28.4. The van der Waals surface area contributed by atoms with E-state index in [1.807, 2.05) is 45.1 Å². The fraction of sp³-hybridized carbons (Fsp3) is 0.531. The van der Waals surface area contributed by atoms with E-state index in [1.165, 1.54) is 12.2 Å². The molecule has 1 aromatic rings. The summed E-state index contributed by atoms with van der Waals surface area (Å²) in [5, 5.41) is 0.0241. The second-order valence-corrected chi connectivity index (χ2v) is 29.2. The lowest BCUT2D eigenvalue weighted by molar-refractivity contribution is -0.172. The highest BCUT2D eigenvalue weighted by Crippen LogP contribution is 2.38. The number of imide groups is 1. The van der Waals surface area contributed by atoms with Gasteiger partial charge in [-0.3, -0.25) is 4.79 Å². The SMILES string of the molecule is C=C1C[C@H]2C/C=C/[C@H](O[Si](C)(C)C(C)(C)C)C/C(C)=C\C=C\C(=O)O[C@@H]([C@H](OCc3ccc(OC)cc3)N(C(=O)/C=C\C=C\C)C(=O)OCC[Si](C)(C)C)C/C(C)=C/[C@@H](C1)O2. The summed E-state index contributed by atoms with van der Waals surface area (Å²) in [5.41, 5.74) is 3.67. The van der Waals surface area contributed by atoms with Gasteiger partial charge >= 0.3 is 12.1 Å². The highest BCUT2D eigenvalue weighted by Gasteiger charge is 2.40. The zero-order chi connectivity index (χ0) is 45.4. The fourth-order valence-corrected chi connectivity index (χ4v) is 8.53. The molecule has 2 amide bonds. The van der Waals surface area contributed by atoms with Crippen LogP contribution in [-0.4, -0.2) is 83.6 Å². The van der Waals surface area contributed by atoms with E-state index in [2.05, 4.69) is 72.2 Å². The zero-order valence-corrected chi connectivity index (χ0v) is 41.0. The molecular formula is C49H73NO9Si2. The van der Waals surface area contributed by atoms with Crippen molar-refractivity contribution in [1.29, 1.82) is 0 Å². The van der Waals surface area contributed by atoms with Gasteiger partial charge < -0.3 is 28.1 Å². The summed E-state index contributed by atoms with van der Waals surface area (Å²) in [6.07, 6.45) is 16.4. The molecule has 0 aromatic heterocycles. The number of rotatable bonds is 13. The summed E-state index contributed by atoms with van der Waals surface area (Å²) in [6, 6.07) is 7.96. The van der Waals surface area contributed by atoms with Gasteiger partial charge in [-0.15, -0.1) is 0 Å². The third kappa shape index (κ3) is 18.0. The molecule has 2 heterocycles. The first-order chi connectivity index (χ1) is 28.6. The van der Waals surface area contributed by atoms with Crippen LogP contribution in [0, 0.1) is 0 Å². The van der Waals surface area contributed by atoms with E-state index < -0.39 is 46.7 Å². The Hall–Kier alpha value is -4.08. The van der Waals surface area contributed by atoms with Crippen molar-refractivity contribution in [3.8, 4) is 5.75 Å². The van der Waals surface area contributed by atoms with E-state index >= 15 is 0 Å². The number of cyclic esters (lactones) is 1. The molecule has 5 atom stereocenters. The minimum absolute atomic E-state index is 0.0212. The maximum Gasteiger partial charge on any atom is 0.419 e. The number of nitrogens with zero attached hydrogens (tertiary/aromatic N) is 1. The van der Waals surface area contributed by atoms with Gasteiger partial charge in [0.05, 0.1) is 38.6 Å². The molecule has 0 aliphatic carbocycles. The first-order valence-electron chi connectivity index (χ1n) is 21.5. The number of carbonyl (C=O) groups is 3. The summed E-state index contributed by atoms with van der Waals surface area (Å²) < 4.78 is 37.4. The Morgan fingerprint density at radius 2 is 1.70 bits per heavy atom. The number of allylic oxidation sites excluding steroid dienone is 5. The van der Waals surface area contributed by atoms with Gasteiger partial charge in [0.1, 0.15) is 5.75 Å². The van der Waals surface area contributed by atoms with E-state index in [4.69, 9.17) is 28.1 Å². The summed E-state index contributed by atoms with van der Waals surface area (Å²) in [7, 11) is -2.15. The van der Waals surface area contributed by atoms with Crippen LogP contribution in [0.1, 0.15) is 79.2 Å². The van der Waals surface area contributed by atoms with Gasteiger partial charge in [-0.05, 0) is 88.3 Å². The molecule has 10 nitrogen and oxygen atoms in total. The van der Waals surface area contributed by atoms with E-state index in [0.29, 0.717) is 31.1 Å². The number of ether oxygens (including phenoxy) is 5. The van der Waals surface area contributed by atoms with E-state index in [-0.39, 0.29) is 43.0 Å². The van der Waals surface area contributed by atoms with Crippen LogP contribution in [-0.2, 0) is 39.6 Å². The molecule has 0 unspecified atom stereocenters. The second-order valence-electron chi connectivity index (χ2n) is 18.9. The summed E-state index contributed by atoms with van der Waals surface area (Å²) in [5.74, 6) is -0.683. The monoisotopic (exact) mass is 875 g/mol. The molecule has 0 saturated carbocycles. The average molecular weight is 876 g/mol. The van der Waals surface area contributed by atoms with Crippen LogP contribution in [0.2, 0.25) is 43.8 Å². The number of carbonyl (C=O) groups excluding carboxylic acids is 3. The molecule has 1 aromatic carbocycles. The fourth-order valence-electron chi connectivity index (χ4n) is 6.54. The molecule has 12 heteroatoms. The predicted octanol–water partition coefficient (Wildman–Crippen LogP) is 11.6. The summed E-state index contributed by atoms with van der Waals surface area (Å²) in [6.45, 7) is 27.9. The van der Waals surface area contributed by atoms with E-state index in [1.54, 1.807) is 43.5 Å². The summed E-state index contributed by atoms with van der Waals surface area (Å²) >= 11 is 0. The first kappa shape index (κ1) is 51.3. The first-order valence-corrected chi connectivity index (χ1v) is 28.1. The van der Waals surface area contributed by atoms with Crippen molar-refractivity contribution in [2.45, 2.75) is 155 Å². The number of esters is 1. The molecule has 2 aliphatic rings. The third-order valence-electron chi connectivity index (χ3n) is 11.0. The van der Waals surface area contributed by atoms with Gasteiger partial charge in [-0.1, -0.05) is 124 Å². The highest BCUT2D eigenvalue weighted by molar-refractivity contribution is 6.76. The van der Waals surface area contributed by atoms with Crippen molar-refractivity contribution in [1.82, 2.24) is 4.90 Å². The lowest BCUT2D eigenvalue weighted by atomic mass is 9.95. The third-order valence-corrected chi connectivity index (χ3v) is 17.2. The number of fused-ring (bicyclic) bond motifs is 2. The Balaban J connectivity index is 2.16. The van der Waals surface area contributed by atoms with Crippen molar-refractivity contribution in [3.05, 3.63) is 114 Å². The van der Waals surface area contributed by atoms with Crippen molar-refractivity contribution < 1.29 is 42.5 Å². The van der Waals surface area contributed by atoms with Gasteiger partial charge in [-0.25, -0.2) is 14.5 Å². The van der Waals surface area contributed by atoms with Gasteiger partial charge in [0.15, 0.2) is 20.6 Å². The van der Waals surface area contributed by atoms with Crippen molar-refractivity contribution in [2.75, 3.05) is 13.7 Å². The Labute approximate surface area is 368 Å². The number of hydrogen-bond acceptors (Lipinski definition) is 9. The minimum Gasteiger partial charge on any atom is -0.497 e. The summed E-state index contributed by atoms with van der Waals surface area (Å²) in [4.78, 5) is 43.1. The molecule has 2 bridgehead atoms. The largest absolute Gasteiger partial charge is 0.497 e. The maximum absolute atomic E-state index is 14.1. The van der Waals surface area contributed by atoms with Crippen LogP contribution in [0.3, 0.4) is 0 Å². The zero-order valence-electron chi connectivity index (χ0n) is 39.0. The van der Waals surface area contributed by atoms with E-state index in [0.717, 1.165) is 33.6 Å². The second kappa shape index (κ2) is 24.0. The molecule has 61 heavy (non-hydrogen) atoms. The van der Waals surface area contributed by atoms with Crippen LogP contribution < -0.4 is 4.74 Å². The molecule has 2 aliphatic heterocycles. The van der Waals surface area contributed by atoms with Gasteiger partial charge in [0, 0.05) is 26.6 Å². The minimum atomic E-state index is -2.12. The van der Waals surface area contributed by atoms with Crippen LogP contribution in [0.4, 0.5) is 4.79 Å². The Kier molecular flexibility index (Phi) is 20.1. The predicted molar refractivity (Wildman–Crippen MR) is 251 cm³/mol. The molecule has 0 spiro atoms. The van der Waals surface area contributed by atoms with Crippen molar-refractivity contribution in [3.63, 3.8) is 0 Å². The van der Waals surface area contributed by atoms with E-state index in [9.17, 15) is 14.4 Å². The van der Waals surface area contributed by atoms with Gasteiger partial charge in [-0.2, -0.15) is 0 Å². The Morgan fingerprint density at radius 3 is 2.34 bits per heavy atom. The Morgan fingerprint density at radius 1 is 1.00 bits per heavy atom. The lowest BCUT2D eigenvalue weighted by Crippen LogP contribution is -2.52. The van der Waals surface area contributed by atoms with Crippen LogP contribution in [0.5, 0.6) is 5.75 Å². The quantitative estimate of drug-likeness (QED) is 0.0478. The number of amides is 2. The average Bonchev–Trinajstić information content (AvgIpc) is 3.14. The standard InChI is InChI=1S/C49H73NO9Si2/c1-14-15-16-22-45(51)50(48(53)55-28-29-60(9,10)11)47(56-35-39-24-26-40(54-8)27-25-39)44-34-38(4)33-43-32-37(3)31-41(57-43)20-18-21-42(59-61(12,13)49(5,6)7)30-36(2)19-17-23-46(52)58-44/h14-19,21-27,33,41-44,47H,3,20,28-32,34-35H2,1-2,4-13H3/b15-14+,21-18+,22-16-,23-17+,36-19-,38-33+/t41-,42+,43-,44-,47+/m1/s1. The number of hydrogen-bond donors (Lipinski definition) is 0. The van der Waals surface area contributed by atoms with Crippen molar-refractivity contribution in [2.24, 2.45) is 0 Å². The molecule has 0 radical (unpaired) electrons. The maximum atomic E-state index is 14.1. The normalized spacial score (nSPS) is 24.7. The molecule has 0 N–H and O–H groups in total. The number of methoxy groups -OCH3 is 1. The van der Waals surface area contributed by atoms with Crippen LogP contribution in [0.15, 0.2) is 108 Å². The number of benzene rings is 1. The molecule has 3 rings (SSSR count). The van der Waals surface area contributed by atoms with Gasteiger partial charge in [0.25, 0.3) is 5.91 Å². The lowest BCUT2D eigenvalue weighted by Gasteiger charge is -2.39. The smallest absolute Gasteiger partial charge is 0.419 e. The van der Waals surface area contributed by atoms with Crippen LogP contribution >= 0.6 is 0 Å². The molecule has 1 fully saturated rings.